The number of fused-ring (bicyclic) bond motifs is 6. The highest BCUT2D eigenvalue weighted by Crippen LogP contribution is 2.54. The molecular formula is C93H108Cl3N21O9S3. The average Bonchev–Trinajstić information content (AvgIpc) is 1.74. The number of anilines is 3. The number of aromatic amines is 3. The van der Waals surface area contributed by atoms with Gasteiger partial charge in [0.05, 0.1) is 68.5 Å². The number of likely N-dealkylation sites (tertiary alicyclic amines) is 3. The van der Waals surface area contributed by atoms with Crippen molar-refractivity contribution in [3.05, 3.63) is 143 Å². The van der Waals surface area contributed by atoms with Crippen LogP contribution in [0.25, 0.3) is 98.8 Å². The first kappa shape index (κ1) is 91.7. The van der Waals surface area contributed by atoms with E-state index in [2.05, 4.69) is 140 Å². The number of hydrogen-bond donors (Lipinski definition) is 3. The summed E-state index contributed by atoms with van der Waals surface area (Å²) in [5.74, 6) is 3.96. The average molecular weight is 1870 g/mol. The first-order valence-electron chi connectivity index (χ1n) is 43.6. The van der Waals surface area contributed by atoms with Gasteiger partial charge in [0.25, 0.3) is 0 Å². The summed E-state index contributed by atoms with van der Waals surface area (Å²) in [6.45, 7) is 29.6. The fourth-order valence-electron chi connectivity index (χ4n) is 18.1. The zero-order chi connectivity index (χ0) is 86.9. The fraction of sp³-hybridized carbons (Fsp3) is 0.419. The van der Waals surface area contributed by atoms with Crippen LogP contribution in [0, 0.1) is 20.8 Å². The Morgan fingerprint density at radius 3 is 0.845 bits per heavy atom. The monoisotopic (exact) mass is 1860 g/mol. The van der Waals surface area contributed by atoms with Gasteiger partial charge in [-0.25, -0.2) is 0 Å². The highest BCUT2D eigenvalue weighted by Gasteiger charge is 2.39. The number of carbonyl (C=O) groups is 3. The maximum absolute atomic E-state index is 12.3. The number of benzene rings is 6. The molecule has 0 spiro atoms. The van der Waals surface area contributed by atoms with Gasteiger partial charge in [-0.2, -0.15) is 85.7 Å². The first-order valence-corrected chi connectivity index (χ1v) is 44.8. The third kappa shape index (κ3) is 19.1. The zero-order valence-electron chi connectivity index (χ0n) is 73.2. The molecule has 30 nitrogen and oxygen atoms in total. The molecule has 6 saturated heterocycles. The molecule has 0 radical (unpaired) electrons. The summed E-state index contributed by atoms with van der Waals surface area (Å²) in [6, 6.07) is 19.1. The number of rotatable bonds is 21. The number of aromatic nitrogens is 12. The Balaban J connectivity index is 0.000000140. The Morgan fingerprint density at radius 1 is 0.349 bits per heavy atom. The standard InChI is InChI=1S/3C31H34ClN7O3.3H2S/c3*1-4-25(40)38-11-13-39(14-12-38)30-21-15-23(32)27(26-18(2)5-8-24-22(26)16-33-36-24)29(41-19-6-7-19)28(21)34-31(35-30)42-20-9-10-37(3)17-20;;;/h3*4-5,8,15-16,19-20H,1,6-7,9-14,17H2,2-3H3,(H,33,36);3*1H2/t3*20-;;;/m000.../s1. The van der Waals surface area contributed by atoms with Crippen molar-refractivity contribution in [1.82, 2.24) is 89.9 Å². The lowest BCUT2D eigenvalue weighted by atomic mass is 9.94. The molecule has 6 aromatic carbocycles. The Labute approximate surface area is 783 Å². The summed E-state index contributed by atoms with van der Waals surface area (Å²) in [4.78, 5) is 85.4. The number of nitrogens with one attached hydrogen (secondary N) is 3. The Kier molecular flexibility index (Phi) is 27.6. The van der Waals surface area contributed by atoms with Gasteiger partial charge >= 0.3 is 18.0 Å². The van der Waals surface area contributed by atoms with Gasteiger partial charge < -0.3 is 72.5 Å². The predicted octanol–water partition coefficient (Wildman–Crippen LogP) is 14.1. The van der Waals surface area contributed by atoms with Crippen molar-refractivity contribution < 1.29 is 42.8 Å². The van der Waals surface area contributed by atoms with Crippen molar-refractivity contribution in [2.24, 2.45) is 0 Å². The second-order valence-corrected chi connectivity index (χ2v) is 35.7. The summed E-state index contributed by atoms with van der Waals surface area (Å²) in [7, 11) is 6.28. The van der Waals surface area contributed by atoms with Crippen LogP contribution in [0.2, 0.25) is 15.1 Å². The molecular weight excluding hydrogens is 1760 g/mol. The van der Waals surface area contributed by atoms with Crippen molar-refractivity contribution in [3.63, 3.8) is 0 Å². The second kappa shape index (κ2) is 38.8. The molecule has 0 bridgehead atoms. The molecule has 3 atom stereocenters. The van der Waals surface area contributed by atoms with Gasteiger partial charge in [-0.05, 0) is 171 Å². The smallest absolute Gasteiger partial charge is 0.319 e. The van der Waals surface area contributed by atoms with Gasteiger partial charge in [-0.15, -0.1) is 0 Å². The van der Waals surface area contributed by atoms with Crippen LogP contribution in [0.4, 0.5) is 17.5 Å². The number of H-pyrrole nitrogens is 3. The van der Waals surface area contributed by atoms with Crippen molar-refractivity contribution >= 4 is 176 Å². The molecule has 6 aliphatic heterocycles. The van der Waals surface area contributed by atoms with Gasteiger partial charge in [0.1, 0.15) is 52.3 Å². The van der Waals surface area contributed by atoms with Crippen LogP contribution in [0.3, 0.4) is 0 Å². The van der Waals surface area contributed by atoms with E-state index in [0.29, 0.717) is 145 Å². The summed E-state index contributed by atoms with van der Waals surface area (Å²) >= 11 is 21.6. The molecule has 3 N–H and O–H groups in total. The molecule has 3 aliphatic carbocycles. The molecule has 9 fully saturated rings. The van der Waals surface area contributed by atoms with Gasteiger partial charge in [-0.3, -0.25) is 29.7 Å². The molecule has 129 heavy (non-hydrogen) atoms. The molecule has 12 heterocycles. The maximum Gasteiger partial charge on any atom is 0.319 e. The van der Waals surface area contributed by atoms with Crippen LogP contribution in [0.15, 0.2) is 111 Å². The molecule has 678 valence electrons. The molecule has 0 unspecified atom stereocenters. The molecule has 21 rings (SSSR count). The topological polar surface area (TPSA) is 299 Å². The van der Waals surface area contributed by atoms with Gasteiger partial charge in [0.2, 0.25) is 17.7 Å². The number of halogens is 3. The molecule has 3 amide bonds. The SMILES string of the molecule is C=CC(=O)N1CCN(c2nc(O[C@H]3CCN(C)C3)nc3c(OC4CC4)c(-c4c(C)ccc5[nH]ncc45)c(Cl)cc23)CC1.C=CC(=O)N1CCN(c2nc(O[C@H]3CCN(C)C3)nc3c(OC4CC4)c(-c4c(C)ccc5[nH]ncc45)c(Cl)cc23)CC1.C=CC(=O)N1CCN(c2nc(O[C@H]3CCN(C)C3)nc3c(OC4CC4)c(-c4c(C)ccc5[nH]ncc45)c(Cl)cc23)CC1.S.S.S. The zero-order valence-corrected chi connectivity index (χ0v) is 78.5. The quantitative estimate of drug-likeness (QED) is 0.0563. The van der Waals surface area contributed by atoms with Crippen LogP contribution in [-0.2, 0) is 14.4 Å². The third-order valence-electron chi connectivity index (χ3n) is 25.3. The number of carbonyl (C=O) groups excluding carboxylic acids is 3. The molecule has 36 heteroatoms. The lowest BCUT2D eigenvalue weighted by molar-refractivity contribution is -0.127. The van der Waals surface area contributed by atoms with E-state index in [9.17, 15) is 14.4 Å². The lowest BCUT2D eigenvalue weighted by Crippen LogP contribution is -2.48. The molecule has 9 aliphatic rings. The Hall–Kier alpha value is -10.6. The maximum atomic E-state index is 12.3. The predicted molar refractivity (Wildman–Crippen MR) is 522 cm³/mol. The van der Waals surface area contributed by atoms with Crippen molar-refractivity contribution in [1.29, 1.82) is 0 Å². The Morgan fingerprint density at radius 2 is 0.612 bits per heavy atom. The first-order chi connectivity index (χ1) is 61.2. The summed E-state index contributed by atoms with van der Waals surface area (Å²) < 4.78 is 39.3. The number of likely N-dealkylation sites (N-methyl/N-ethyl adjacent to an activating group) is 3. The van der Waals surface area contributed by atoms with Crippen LogP contribution in [0.5, 0.6) is 35.3 Å². The number of piperazine rings is 3. The van der Waals surface area contributed by atoms with E-state index >= 15 is 0 Å². The van der Waals surface area contributed by atoms with Crippen molar-refractivity contribution in [2.75, 3.05) is 154 Å². The largest absolute Gasteiger partial charge is 0.487 e. The van der Waals surface area contributed by atoms with Gasteiger partial charge in [0, 0.05) is 184 Å². The number of hydrogen-bond acceptors (Lipinski definition) is 24. The van der Waals surface area contributed by atoms with Crippen LogP contribution in [-0.4, -0.2) is 283 Å². The van der Waals surface area contributed by atoms with E-state index in [1.165, 1.54) is 18.2 Å². The van der Waals surface area contributed by atoms with Crippen LogP contribution >= 0.6 is 75.3 Å². The van der Waals surface area contributed by atoms with E-state index in [1.54, 1.807) is 14.7 Å². The third-order valence-corrected chi connectivity index (χ3v) is 26.2. The summed E-state index contributed by atoms with van der Waals surface area (Å²) in [5, 5.41) is 29.2. The number of aryl methyl sites for hydroxylation is 3. The molecule has 6 aromatic heterocycles. The molecule has 12 aromatic rings. The minimum Gasteiger partial charge on any atom is -0.487 e. The Bertz CT molecular complexity index is 5690. The van der Waals surface area contributed by atoms with E-state index in [-0.39, 0.29) is 94.8 Å². The minimum atomic E-state index is -0.0619. The van der Waals surface area contributed by atoms with E-state index < -0.39 is 0 Å². The fourth-order valence-corrected chi connectivity index (χ4v) is 19.0. The van der Waals surface area contributed by atoms with Crippen LogP contribution < -0.4 is 43.1 Å². The highest BCUT2D eigenvalue weighted by molar-refractivity contribution is 7.59. The van der Waals surface area contributed by atoms with Gasteiger partial charge in [-0.1, -0.05) is 72.7 Å². The van der Waals surface area contributed by atoms with Gasteiger partial charge in [0.15, 0.2) is 17.2 Å². The van der Waals surface area contributed by atoms with Crippen LogP contribution in [0.1, 0.15) is 74.5 Å². The highest BCUT2D eigenvalue weighted by atomic mass is 35.5. The van der Waals surface area contributed by atoms with Crippen molar-refractivity contribution in [3.8, 4) is 68.7 Å². The van der Waals surface area contributed by atoms with E-state index in [4.69, 9.17) is 93.1 Å². The number of nitrogens with zero attached hydrogens (tertiary/aromatic N) is 18. The normalized spacial score (nSPS) is 19.1. The summed E-state index contributed by atoms with van der Waals surface area (Å²) in [6.07, 6.45) is 18.6. The number of amides is 3. The molecule has 3 saturated carbocycles. The summed E-state index contributed by atoms with van der Waals surface area (Å²) in [5.41, 5.74) is 13.3. The van der Waals surface area contributed by atoms with Crippen molar-refractivity contribution in [2.45, 2.75) is 115 Å². The number of ether oxygens (including phenoxy) is 6. The van der Waals surface area contributed by atoms with E-state index in [0.717, 1.165) is 213 Å². The second-order valence-electron chi connectivity index (χ2n) is 34.5. The minimum absolute atomic E-state index is 0. The van der Waals surface area contributed by atoms with E-state index in [1.807, 2.05) is 55.0 Å². The lowest BCUT2D eigenvalue weighted by Gasteiger charge is -2.35.